The molecule has 0 spiro atoms. The largest absolute Gasteiger partial charge is 0.457 e. The quantitative estimate of drug-likeness (QED) is 0.385. The first-order valence-corrected chi connectivity index (χ1v) is 11.4. The molecule has 1 aromatic carbocycles. The van der Waals surface area contributed by atoms with E-state index in [1.54, 1.807) is 0 Å². The lowest BCUT2D eigenvalue weighted by atomic mass is 9.73. The predicted octanol–water partition coefficient (Wildman–Crippen LogP) is 5.59. The van der Waals surface area contributed by atoms with Crippen LogP contribution in [0.4, 0.5) is 0 Å². The van der Waals surface area contributed by atoms with Crippen molar-refractivity contribution in [2.75, 3.05) is 0 Å². The monoisotopic (exact) mass is 438 g/mol. The summed E-state index contributed by atoms with van der Waals surface area (Å²) in [5, 5.41) is 0.667. The number of halogens is 1. The Labute approximate surface area is 187 Å². The van der Waals surface area contributed by atoms with E-state index in [9.17, 15) is 14.4 Å². The van der Waals surface area contributed by atoms with Crippen molar-refractivity contribution in [3.63, 3.8) is 0 Å². The Morgan fingerprint density at radius 3 is 2.26 bits per heavy atom. The van der Waals surface area contributed by atoms with Crippen molar-refractivity contribution in [3.8, 4) is 11.1 Å². The summed E-state index contributed by atoms with van der Waals surface area (Å²) in [6.45, 7) is 1.28. The minimum Gasteiger partial charge on any atom is -0.457 e. The van der Waals surface area contributed by atoms with Gasteiger partial charge in [0.2, 0.25) is 0 Å². The topological polar surface area (TPSA) is 60.4 Å². The molecule has 0 N–H and O–H groups in total. The van der Waals surface area contributed by atoms with Gasteiger partial charge in [-0.15, -0.1) is 0 Å². The second kappa shape index (κ2) is 8.96. The molecule has 3 aliphatic carbocycles. The van der Waals surface area contributed by atoms with Crippen LogP contribution >= 0.6 is 11.6 Å². The first kappa shape index (κ1) is 21.8. The van der Waals surface area contributed by atoms with Crippen molar-refractivity contribution in [1.29, 1.82) is 0 Å². The summed E-state index contributed by atoms with van der Waals surface area (Å²) >= 11 is 6.05. The molecule has 162 valence electrons. The molecule has 1 saturated heterocycles. The average molecular weight is 439 g/mol. The maximum Gasteiger partial charge on any atom is 0.324 e. The maximum atomic E-state index is 12.5. The number of ether oxygens (including phenoxy) is 1. The van der Waals surface area contributed by atoms with Gasteiger partial charge in [-0.2, -0.15) is 0 Å². The zero-order valence-electron chi connectivity index (χ0n) is 17.7. The molecule has 2 fully saturated rings. The van der Waals surface area contributed by atoms with Crippen LogP contribution in [0.5, 0.6) is 0 Å². The fraction of sp³-hybridized carbons (Fsp3) is 0.423. The molecular weight excluding hydrogens is 412 g/mol. The molecule has 5 rings (SSSR count). The highest BCUT2D eigenvalue weighted by atomic mass is 35.5. The van der Waals surface area contributed by atoms with E-state index >= 15 is 0 Å². The number of aryl methyl sites for hydroxylation is 1. The number of cyclic esters (lactones) is 1. The summed E-state index contributed by atoms with van der Waals surface area (Å²) in [5.74, 6) is -2.43. The Bertz CT molecular complexity index is 971. The van der Waals surface area contributed by atoms with Crippen molar-refractivity contribution in [1.82, 2.24) is 0 Å². The van der Waals surface area contributed by atoms with Crippen LogP contribution in [0.1, 0.15) is 51.0 Å². The van der Waals surface area contributed by atoms with Gasteiger partial charge in [0.15, 0.2) is 17.5 Å². The van der Waals surface area contributed by atoms with Crippen LogP contribution in [0.15, 0.2) is 48.5 Å². The van der Waals surface area contributed by atoms with Crippen molar-refractivity contribution in [3.05, 3.63) is 59.1 Å². The number of fused-ring (bicyclic) bond motifs is 1. The lowest BCUT2D eigenvalue weighted by molar-refractivity contribution is -0.186. The van der Waals surface area contributed by atoms with Crippen LogP contribution in [0.2, 0.25) is 5.02 Å². The van der Waals surface area contributed by atoms with Crippen LogP contribution in [-0.4, -0.2) is 23.1 Å². The third kappa shape index (κ3) is 4.90. The van der Waals surface area contributed by atoms with Gasteiger partial charge in [-0.1, -0.05) is 54.8 Å². The van der Waals surface area contributed by atoms with Crippen LogP contribution in [0, 0.1) is 11.8 Å². The van der Waals surface area contributed by atoms with E-state index in [1.165, 1.54) is 18.1 Å². The summed E-state index contributed by atoms with van der Waals surface area (Å²) in [6, 6.07) is 16.1. The van der Waals surface area contributed by atoms with Crippen molar-refractivity contribution < 1.29 is 19.1 Å². The number of esters is 1. The Balaban J connectivity index is 0.000000325. The van der Waals surface area contributed by atoms with E-state index in [-0.39, 0.29) is 18.1 Å². The van der Waals surface area contributed by atoms with Gasteiger partial charge in [0.05, 0.1) is 0 Å². The van der Waals surface area contributed by atoms with Crippen molar-refractivity contribution in [2.45, 2.75) is 57.5 Å². The zero-order valence-corrected chi connectivity index (χ0v) is 18.5. The molecule has 2 unspecified atom stereocenters. The molecule has 5 heteroatoms. The molecule has 1 aliphatic heterocycles. The summed E-state index contributed by atoms with van der Waals surface area (Å²) in [6.07, 6.45) is 5.51. The third-order valence-corrected chi connectivity index (χ3v) is 6.91. The molecule has 0 radical (unpaired) electrons. The molecule has 0 amide bonds. The number of hydrogen-bond acceptors (Lipinski definition) is 4. The number of carbonyl (C=O) groups is 3. The highest BCUT2D eigenvalue weighted by molar-refractivity contribution is 6.30. The lowest BCUT2D eigenvalue weighted by Crippen LogP contribution is -2.53. The summed E-state index contributed by atoms with van der Waals surface area (Å²) < 4.78 is 5.84. The minimum atomic E-state index is -1.24. The SMILES string of the molecule is CC(=O)C1C(=O)CC(CCc2cccc(Cl)c2)(C2CCCC2)OC1=O.c1cc2cc-2c1. The molecule has 4 nitrogen and oxygen atoms in total. The van der Waals surface area contributed by atoms with Crippen LogP contribution in [-0.2, 0) is 25.5 Å². The fourth-order valence-corrected chi connectivity index (χ4v) is 5.18. The molecule has 4 aliphatic rings. The molecule has 1 saturated carbocycles. The zero-order chi connectivity index (χ0) is 22.0. The number of carbonyl (C=O) groups excluding carboxylic acids is 3. The Morgan fingerprint density at radius 1 is 1.06 bits per heavy atom. The summed E-state index contributed by atoms with van der Waals surface area (Å²) in [4.78, 5) is 36.6. The standard InChI is InChI=1S/C20H23ClO4.C6H4/c1-13(22)18-17(23)12-20(25-19(18)24,15-6-2-3-7-15)10-9-14-5-4-8-16(21)11-14;1-2-5-4-6(5)3-1/h4-5,8,11,15,18H,2-3,6-7,9-10,12H2,1H3;1-4H. The number of benzene rings is 2. The molecule has 31 heavy (non-hydrogen) atoms. The fourth-order valence-electron chi connectivity index (χ4n) is 4.96. The Morgan fingerprint density at radius 2 is 1.74 bits per heavy atom. The van der Waals surface area contributed by atoms with Crippen LogP contribution < -0.4 is 0 Å². The Kier molecular flexibility index (Phi) is 6.29. The van der Waals surface area contributed by atoms with E-state index in [0.717, 1.165) is 31.2 Å². The highest BCUT2D eigenvalue weighted by Crippen LogP contribution is 2.45. The Hall–Kier alpha value is -2.46. The van der Waals surface area contributed by atoms with E-state index in [4.69, 9.17) is 16.3 Å². The summed E-state index contributed by atoms with van der Waals surface area (Å²) in [5.41, 5.74) is 3.13. The second-order valence-corrected chi connectivity index (χ2v) is 9.30. The normalized spacial score (nSPS) is 24.3. The van der Waals surface area contributed by atoms with Crippen LogP contribution in [0.3, 0.4) is 0 Å². The molecular formula is C26H27ClO4. The van der Waals surface area contributed by atoms with E-state index in [2.05, 4.69) is 24.3 Å². The smallest absolute Gasteiger partial charge is 0.324 e. The molecule has 1 heterocycles. The van der Waals surface area contributed by atoms with E-state index in [1.807, 2.05) is 24.3 Å². The van der Waals surface area contributed by atoms with Gasteiger partial charge in [-0.05, 0) is 73.4 Å². The molecule has 2 atom stereocenters. The number of Topliss-reactive ketones (excluding diaryl/α,β-unsaturated/α-hetero) is 2. The van der Waals surface area contributed by atoms with Gasteiger partial charge >= 0.3 is 5.97 Å². The van der Waals surface area contributed by atoms with Crippen LogP contribution in [0.25, 0.3) is 11.1 Å². The van der Waals surface area contributed by atoms with E-state index < -0.39 is 23.3 Å². The predicted molar refractivity (Wildman–Crippen MR) is 120 cm³/mol. The maximum absolute atomic E-state index is 12.5. The van der Waals surface area contributed by atoms with Crippen molar-refractivity contribution in [2.24, 2.45) is 11.8 Å². The first-order valence-electron chi connectivity index (χ1n) is 11.0. The minimum absolute atomic E-state index is 0.147. The average Bonchev–Trinajstić information content (AvgIpc) is 3.11. The first-order chi connectivity index (χ1) is 14.9. The third-order valence-electron chi connectivity index (χ3n) is 6.68. The summed E-state index contributed by atoms with van der Waals surface area (Å²) in [7, 11) is 0. The molecule has 0 aromatic heterocycles. The number of hydrogen-bond donors (Lipinski definition) is 0. The lowest BCUT2D eigenvalue weighted by Gasteiger charge is -2.42. The number of rotatable bonds is 5. The highest BCUT2D eigenvalue weighted by Gasteiger charge is 2.52. The van der Waals surface area contributed by atoms with Gasteiger partial charge in [0.25, 0.3) is 0 Å². The van der Waals surface area contributed by atoms with Gasteiger partial charge in [-0.25, -0.2) is 0 Å². The van der Waals surface area contributed by atoms with Gasteiger partial charge in [0.1, 0.15) is 5.60 Å². The number of ketones is 2. The molecule has 1 aromatic rings. The van der Waals surface area contributed by atoms with Gasteiger partial charge in [-0.3, -0.25) is 14.4 Å². The van der Waals surface area contributed by atoms with Gasteiger partial charge in [0, 0.05) is 11.4 Å². The van der Waals surface area contributed by atoms with Gasteiger partial charge < -0.3 is 4.74 Å². The van der Waals surface area contributed by atoms with Crippen molar-refractivity contribution >= 4 is 29.1 Å². The molecule has 0 bridgehead atoms. The second-order valence-electron chi connectivity index (χ2n) is 8.86. The van der Waals surface area contributed by atoms with E-state index in [0.29, 0.717) is 17.9 Å².